The highest BCUT2D eigenvalue weighted by atomic mass is 16.5. The molecule has 0 fully saturated rings. The second-order valence-corrected chi connectivity index (χ2v) is 7.55. The number of rotatable bonds is 7. The molecule has 0 aliphatic heterocycles. The first kappa shape index (κ1) is 21.1. The molecule has 0 saturated heterocycles. The number of fused-ring (bicyclic) bond motifs is 1. The Bertz CT molecular complexity index is 1410. The molecule has 0 bridgehead atoms. The molecule has 5 aromatic rings. The molecule has 34 heavy (non-hydrogen) atoms. The van der Waals surface area contributed by atoms with Gasteiger partial charge in [0.2, 0.25) is 5.95 Å². The average molecular weight is 451 g/mol. The minimum absolute atomic E-state index is 0.160. The third kappa shape index (κ3) is 4.56. The van der Waals surface area contributed by atoms with Crippen LogP contribution in [0.15, 0.2) is 91.1 Å². The fourth-order valence-corrected chi connectivity index (χ4v) is 3.55. The van der Waals surface area contributed by atoms with Gasteiger partial charge in [-0.1, -0.05) is 12.1 Å². The lowest BCUT2D eigenvalue weighted by molar-refractivity contribution is 0.0950. The predicted octanol–water partition coefficient (Wildman–Crippen LogP) is 4.47. The number of hydrogen-bond donors (Lipinski definition) is 2. The van der Waals surface area contributed by atoms with Gasteiger partial charge in [0.05, 0.1) is 25.0 Å². The summed E-state index contributed by atoms with van der Waals surface area (Å²) in [6, 6.07) is 26.4. The Morgan fingerprint density at radius 1 is 0.941 bits per heavy atom. The second-order valence-electron chi connectivity index (χ2n) is 7.55. The van der Waals surface area contributed by atoms with Gasteiger partial charge < -0.3 is 15.4 Å². The zero-order valence-electron chi connectivity index (χ0n) is 18.5. The van der Waals surface area contributed by atoms with Crippen LogP contribution in [0.25, 0.3) is 16.9 Å². The number of ether oxygens (including phenoxy) is 1. The molecule has 8 heteroatoms. The van der Waals surface area contributed by atoms with Gasteiger partial charge in [-0.05, 0) is 72.8 Å². The Balaban J connectivity index is 1.30. The molecular weight excluding hydrogens is 428 g/mol. The van der Waals surface area contributed by atoms with Gasteiger partial charge in [-0.3, -0.25) is 9.78 Å². The van der Waals surface area contributed by atoms with Gasteiger partial charge in [0.15, 0.2) is 5.65 Å². The monoisotopic (exact) mass is 450 g/mol. The number of nitrogens with one attached hydrogen (secondary N) is 2. The zero-order chi connectivity index (χ0) is 23.3. The summed E-state index contributed by atoms with van der Waals surface area (Å²) in [5, 5.41) is 10.7. The maximum atomic E-state index is 12.4. The Morgan fingerprint density at radius 3 is 2.50 bits per heavy atom. The molecule has 8 nitrogen and oxygen atoms in total. The van der Waals surface area contributed by atoms with E-state index in [4.69, 9.17) is 4.74 Å². The first-order chi connectivity index (χ1) is 16.7. The Morgan fingerprint density at radius 2 is 1.76 bits per heavy atom. The van der Waals surface area contributed by atoms with E-state index >= 15 is 0 Å². The van der Waals surface area contributed by atoms with Gasteiger partial charge >= 0.3 is 0 Å². The Hall–Kier alpha value is -4.72. The SMILES string of the molecule is COc1ccc(-c2cccc3nc(Nc4ccc(C(=O)NCc5ccccn5)cc4)nn23)cc1. The second kappa shape index (κ2) is 9.41. The fourth-order valence-electron chi connectivity index (χ4n) is 3.55. The zero-order valence-corrected chi connectivity index (χ0v) is 18.5. The van der Waals surface area contributed by atoms with Crippen molar-refractivity contribution < 1.29 is 9.53 Å². The summed E-state index contributed by atoms with van der Waals surface area (Å²) in [6.07, 6.45) is 1.70. The third-order valence-electron chi connectivity index (χ3n) is 5.30. The molecule has 0 saturated carbocycles. The van der Waals surface area contributed by atoms with Crippen LogP contribution in [-0.2, 0) is 6.54 Å². The van der Waals surface area contributed by atoms with E-state index < -0.39 is 0 Å². The van der Waals surface area contributed by atoms with Crippen molar-refractivity contribution in [1.82, 2.24) is 24.9 Å². The maximum Gasteiger partial charge on any atom is 0.251 e. The van der Waals surface area contributed by atoms with Crippen LogP contribution in [0.1, 0.15) is 16.1 Å². The van der Waals surface area contributed by atoms with Crippen LogP contribution in [0.3, 0.4) is 0 Å². The van der Waals surface area contributed by atoms with Crippen molar-refractivity contribution >= 4 is 23.2 Å². The van der Waals surface area contributed by atoms with Gasteiger partial charge in [0.25, 0.3) is 5.91 Å². The highest BCUT2D eigenvalue weighted by Crippen LogP contribution is 2.24. The number of hydrogen-bond acceptors (Lipinski definition) is 6. The smallest absolute Gasteiger partial charge is 0.251 e. The molecule has 0 aliphatic rings. The molecule has 3 heterocycles. The molecule has 2 aromatic carbocycles. The summed E-state index contributed by atoms with van der Waals surface area (Å²) in [6.45, 7) is 0.376. The number of nitrogens with zero attached hydrogens (tertiary/aromatic N) is 4. The van der Waals surface area contributed by atoms with Crippen molar-refractivity contribution in [2.75, 3.05) is 12.4 Å². The molecule has 0 aliphatic carbocycles. The number of amides is 1. The lowest BCUT2D eigenvalue weighted by atomic mass is 10.1. The maximum absolute atomic E-state index is 12.4. The molecule has 0 spiro atoms. The van der Waals surface area contributed by atoms with Crippen molar-refractivity contribution in [2.24, 2.45) is 0 Å². The molecule has 0 unspecified atom stereocenters. The van der Waals surface area contributed by atoms with Crippen LogP contribution in [0.4, 0.5) is 11.6 Å². The molecule has 168 valence electrons. The number of benzene rings is 2. The number of pyridine rings is 2. The van der Waals surface area contributed by atoms with Gasteiger partial charge in [0.1, 0.15) is 5.75 Å². The number of carbonyl (C=O) groups is 1. The van der Waals surface area contributed by atoms with Crippen LogP contribution >= 0.6 is 0 Å². The minimum atomic E-state index is -0.160. The Kier molecular flexibility index (Phi) is 5.85. The van der Waals surface area contributed by atoms with Crippen molar-refractivity contribution in [3.05, 3.63) is 102 Å². The number of anilines is 2. The van der Waals surface area contributed by atoms with Gasteiger partial charge in [0, 0.05) is 23.0 Å². The quantitative estimate of drug-likeness (QED) is 0.380. The highest BCUT2D eigenvalue weighted by molar-refractivity contribution is 5.94. The molecule has 1 amide bonds. The highest BCUT2D eigenvalue weighted by Gasteiger charge is 2.10. The summed E-state index contributed by atoms with van der Waals surface area (Å²) in [5.41, 5.74) is 4.79. The van der Waals surface area contributed by atoms with E-state index in [2.05, 4.69) is 25.7 Å². The van der Waals surface area contributed by atoms with Crippen molar-refractivity contribution in [1.29, 1.82) is 0 Å². The Labute approximate surface area is 196 Å². The molecule has 3 aromatic heterocycles. The first-order valence-corrected chi connectivity index (χ1v) is 10.7. The van der Waals surface area contributed by atoms with E-state index in [1.165, 1.54) is 0 Å². The third-order valence-corrected chi connectivity index (χ3v) is 5.30. The van der Waals surface area contributed by atoms with Gasteiger partial charge in [-0.15, -0.1) is 5.10 Å². The van der Waals surface area contributed by atoms with Crippen LogP contribution in [-0.4, -0.2) is 32.6 Å². The van der Waals surface area contributed by atoms with Crippen molar-refractivity contribution in [3.8, 4) is 17.0 Å². The van der Waals surface area contributed by atoms with Crippen LogP contribution in [0.2, 0.25) is 0 Å². The van der Waals surface area contributed by atoms with Crippen LogP contribution in [0.5, 0.6) is 5.75 Å². The first-order valence-electron chi connectivity index (χ1n) is 10.7. The summed E-state index contributed by atoms with van der Waals surface area (Å²) in [5.74, 6) is 1.10. The van der Waals surface area contributed by atoms with Crippen molar-refractivity contribution in [2.45, 2.75) is 6.54 Å². The average Bonchev–Trinajstić information content (AvgIpc) is 3.31. The molecule has 2 N–H and O–H groups in total. The largest absolute Gasteiger partial charge is 0.497 e. The van der Waals surface area contributed by atoms with E-state index in [-0.39, 0.29) is 5.91 Å². The lowest BCUT2D eigenvalue weighted by Crippen LogP contribution is -2.23. The van der Waals surface area contributed by atoms with E-state index in [1.54, 1.807) is 30.0 Å². The lowest BCUT2D eigenvalue weighted by Gasteiger charge is -2.06. The van der Waals surface area contributed by atoms with Crippen LogP contribution in [0, 0.1) is 0 Å². The number of carbonyl (C=O) groups excluding carboxylic acids is 1. The normalized spacial score (nSPS) is 10.7. The molecule has 0 radical (unpaired) electrons. The standard InChI is InChI=1S/C26H22N6O2/c1-34-22-14-10-18(11-15-22)23-6-4-7-24-30-26(31-32(23)24)29-20-12-8-19(9-13-20)25(33)28-17-21-5-2-3-16-27-21/h2-16H,17H2,1H3,(H,28,33)(H,29,31). The van der Waals surface area contributed by atoms with E-state index in [1.807, 2.05) is 72.8 Å². The summed E-state index contributed by atoms with van der Waals surface area (Å²) in [7, 11) is 1.65. The fraction of sp³-hybridized carbons (Fsp3) is 0.0769. The molecular formula is C26H22N6O2. The van der Waals surface area contributed by atoms with Gasteiger partial charge in [-0.25, -0.2) is 4.52 Å². The van der Waals surface area contributed by atoms with Crippen LogP contribution < -0.4 is 15.4 Å². The number of aromatic nitrogens is 4. The molecule has 0 atom stereocenters. The molecule has 5 rings (SSSR count). The predicted molar refractivity (Wildman–Crippen MR) is 130 cm³/mol. The summed E-state index contributed by atoms with van der Waals surface area (Å²) >= 11 is 0. The number of methoxy groups -OCH3 is 1. The topological polar surface area (TPSA) is 93.4 Å². The van der Waals surface area contributed by atoms with E-state index in [9.17, 15) is 4.79 Å². The van der Waals surface area contributed by atoms with Gasteiger partial charge in [-0.2, -0.15) is 4.98 Å². The van der Waals surface area contributed by atoms with E-state index in [0.717, 1.165) is 34.0 Å². The summed E-state index contributed by atoms with van der Waals surface area (Å²) in [4.78, 5) is 21.2. The van der Waals surface area contributed by atoms with E-state index in [0.29, 0.717) is 18.1 Å². The van der Waals surface area contributed by atoms with Crippen molar-refractivity contribution in [3.63, 3.8) is 0 Å². The minimum Gasteiger partial charge on any atom is -0.497 e. The summed E-state index contributed by atoms with van der Waals surface area (Å²) < 4.78 is 7.04.